The molecule has 1 heterocycles. The molecule has 0 aliphatic carbocycles. The van der Waals surface area contributed by atoms with E-state index in [1.165, 1.54) is 87.1 Å². The lowest BCUT2D eigenvalue weighted by Crippen LogP contribution is -2.10. The molecule has 0 N–H and O–H groups in total. The number of para-hydroxylation sites is 2. The fourth-order valence-electron chi connectivity index (χ4n) is 9.74. The molecule has 0 aliphatic rings. The van der Waals surface area contributed by atoms with Crippen LogP contribution < -0.4 is 4.90 Å². The summed E-state index contributed by atoms with van der Waals surface area (Å²) in [6, 6.07) is 84.2. The van der Waals surface area contributed by atoms with Crippen molar-refractivity contribution in [3.8, 4) is 27.9 Å². The van der Waals surface area contributed by atoms with Crippen LogP contribution in [-0.2, 0) is 0 Å². The molecule has 2 nitrogen and oxygen atoms in total. The fourth-order valence-corrected chi connectivity index (χ4v) is 9.74. The summed E-state index contributed by atoms with van der Waals surface area (Å²) in [7, 11) is 0. The largest absolute Gasteiger partial charge is 0.310 e. The average molecular weight is 763 g/mol. The number of aromatic nitrogens is 1. The van der Waals surface area contributed by atoms with Crippen LogP contribution in [0.1, 0.15) is 0 Å². The van der Waals surface area contributed by atoms with E-state index in [2.05, 4.69) is 240 Å². The van der Waals surface area contributed by atoms with Gasteiger partial charge in [-0.1, -0.05) is 170 Å². The van der Waals surface area contributed by atoms with Crippen molar-refractivity contribution in [2.75, 3.05) is 4.90 Å². The average Bonchev–Trinajstić information content (AvgIpc) is 3.65. The molecular formula is C58H38N2. The van der Waals surface area contributed by atoms with Crippen molar-refractivity contribution in [1.82, 2.24) is 4.57 Å². The number of hydrogen-bond donors (Lipinski definition) is 0. The predicted octanol–water partition coefficient (Wildman–Crippen LogP) is 16.2. The number of benzene rings is 11. The van der Waals surface area contributed by atoms with Crippen LogP contribution in [0.5, 0.6) is 0 Å². The molecule has 0 bridgehead atoms. The normalized spacial score (nSPS) is 11.7. The van der Waals surface area contributed by atoms with Crippen LogP contribution in [0, 0.1) is 0 Å². The lowest BCUT2D eigenvalue weighted by molar-refractivity contribution is 1.17. The molecule has 0 saturated heterocycles. The van der Waals surface area contributed by atoms with E-state index in [0.717, 1.165) is 22.7 Å². The second kappa shape index (κ2) is 13.9. The monoisotopic (exact) mass is 762 g/mol. The van der Waals surface area contributed by atoms with Crippen LogP contribution in [0.25, 0.3) is 92.8 Å². The number of anilines is 3. The van der Waals surface area contributed by atoms with Gasteiger partial charge >= 0.3 is 0 Å². The first-order chi connectivity index (χ1) is 29.8. The molecule has 0 fully saturated rings. The third-order valence-electron chi connectivity index (χ3n) is 12.3. The van der Waals surface area contributed by atoms with Gasteiger partial charge in [0.05, 0.1) is 16.7 Å². The summed E-state index contributed by atoms with van der Waals surface area (Å²) in [5, 5.41) is 12.5. The van der Waals surface area contributed by atoms with Crippen LogP contribution in [-0.4, -0.2) is 4.57 Å². The van der Waals surface area contributed by atoms with E-state index in [-0.39, 0.29) is 0 Å². The first-order valence-electron chi connectivity index (χ1n) is 20.7. The minimum absolute atomic E-state index is 1.10. The van der Waals surface area contributed by atoms with E-state index in [9.17, 15) is 0 Å². The number of rotatable bonds is 6. The molecule has 0 unspecified atom stereocenters. The van der Waals surface area contributed by atoms with Crippen molar-refractivity contribution >= 4 is 82.0 Å². The van der Waals surface area contributed by atoms with E-state index >= 15 is 0 Å². The smallest absolute Gasteiger partial charge is 0.0546 e. The summed E-state index contributed by atoms with van der Waals surface area (Å²) in [6.07, 6.45) is 0. The second-order valence-corrected chi connectivity index (χ2v) is 15.6. The molecule has 2 heteroatoms. The Kier molecular flexibility index (Phi) is 7.89. The summed E-state index contributed by atoms with van der Waals surface area (Å²) in [5.74, 6) is 0. The Morgan fingerprint density at radius 3 is 1.43 bits per heavy atom. The molecule has 0 radical (unpaired) electrons. The topological polar surface area (TPSA) is 8.17 Å². The minimum Gasteiger partial charge on any atom is -0.310 e. The Morgan fingerprint density at radius 1 is 0.283 bits per heavy atom. The van der Waals surface area contributed by atoms with Gasteiger partial charge in [-0.2, -0.15) is 0 Å². The molecular weight excluding hydrogens is 725 g/mol. The maximum absolute atomic E-state index is 2.42. The first-order valence-corrected chi connectivity index (χ1v) is 20.7. The third kappa shape index (κ3) is 5.35. The third-order valence-corrected chi connectivity index (χ3v) is 12.3. The molecule has 11 aromatic carbocycles. The standard InChI is InChI=1S/C58H38N2/c1-3-17-39(18-4-1)57-49-26-11-13-28-51(49)58(52-29-14-12-27-50(52)57)41-31-36-55-53(37-41)48-25-15-16-30-54(48)60(55)44-34-32-43(33-35-44)59(42-20-5-2-6-21-42)56-38-40-19-7-8-22-45(40)46-23-9-10-24-47(46)56/h1-38H. The highest BCUT2D eigenvalue weighted by atomic mass is 15.1. The Morgan fingerprint density at radius 2 is 0.767 bits per heavy atom. The van der Waals surface area contributed by atoms with Gasteiger partial charge in [-0.15, -0.1) is 0 Å². The lowest BCUT2D eigenvalue weighted by Gasteiger charge is -2.27. The number of nitrogens with zero attached hydrogens (tertiary/aromatic N) is 2. The minimum atomic E-state index is 1.10. The van der Waals surface area contributed by atoms with Crippen LogP contribution >= 0.6 is 0 Å². The van der Waals surface area contributed by atoms with Crippen molar-refractivity contribution in [3.05, 3.63) is 231 Å². The zero-order valence-corrected chi connectivity index (χ0v) is 32.8. The Bertz CT molecular complexity index is 3530. The van der Waals surface area contributed by atoms with Gasteiger partial charge in [0.25, 0.3) is 0 Å². The van der Waals surface area contributed by atoms with Crippen molar-refractivity contribution < 1.29 is 0 Å². The molecule has 60 heavy (non-hydrogen) atoms. The maximum Gasteiger partial charge on any atom is 0.0546 e. The number of hydrogen-bond acceptors (Lipinski definition) is 1. The molecule has 12 rings (SSSR count). The molecule has 0 aliphatic heterocycles. The van der Waals surface area contributed by atoms with Gasteiger partial charge in [-0.05, 0) is 121 Å². The highest BCUT2D eigenvalue weighted by molar-refractivity contribution is 6.22. The summed E-state index contributed by atoms with van der Waals surface area (Å²) in [6.45, 7) is 0. The van der Waals surface area contributed by atoms with Gasteiger partial charge in [0.2, 0.25) is 0 Å². The molecule has 1 aromatic heterocycles. The van der Waals surface area contributed by atoms with Gasteiger partial charge in [-0.3, -0.25) is 0 Å². The second-order valence-electron chi connectivity index (χ2n) is 15.6. The van der Waals surface area contributed by atoms with Crippen LogP contribution in [0.3, 0.4) is 0 Å². The van der Waals surface area contributed by atoms with Crippen LogP contribution in [0.2, 0.25) is 0 Å². The summed E-state index contributed by atoms with van der Waals surface area (Å²) in [5.41, 5.74) is 11.9. The number of fused-ring (bicyclic) bond motifs is 8. The molecule has 0 atom stereocenters. The Hall–Kier alpha value is -7.94. The summed E-state index contributed by atoms with van der Waals surface area (Å²) < 4.78 is 2.42. The van der Waals surface area contributed by atoms with Crippen molar-refractivity contribution in [2.24, 2.45) is 0 Å². The maximum atomic E-state index is 2.42. The van der Waals surface area contributed by atoms with E-state index in [1.807, 2.05) is 0 Å². The molecule has 12 aromatic rings. The fraction of sp³-hybridized carbons (Fsp3) is 0. The van der Waals surface area contributed by atoms with Crippen LogP contribution in [0.15, 0.2) is 231 Å². The van der Waals surface area contributed by atoms with Crippen molar-refractivity contribution in [1.29, 1.82) is 0 Å². The van der Waals surface area contributed by atoms with E-state index in [1.54, 1.807) is 0 Å². The Balaban J connectivity index is 1.03. The lowest BCUT2D eigenvalue weighted by atomic mass is 9.86. The van der Waals surface area contributed by atoms with E-state index in [0.29, 0.717) is 0 Å². The van der Waals surface area contributed by atoms with Gasteiger partial charge in [0.1, 0.15) is 0 Å². The molecule has 0 amide bonds. The van der Waals surface area contributed by atoms with Gasteiger partial charge < -0.3 is 9.47 Å². The Labute approximate surface area is 348 Å². The van der Waals surface area contributed by atoms with Crippen LogP contribution in [0.4, 0.5) is 17.1 Å². The predicted molar refractivity (Wildman–Crippen MR) is 256 cm³/mol. The van der Waals surface area contributed by atoms with E-state index < -0.39 is 0 Å². The van der Waals surface area contributed by atoms with Crippen molar-refractivity contribution in [3.63, 3.8) is 0 Å². The van der Waals surface area contributed by atoms with Gasteiger partial charge in [-0.25, -0.2) is 0 Å². The van der Waals surface area contributed by atoms with Crippen molar-refractivity contribution in [2.45, 2.75) is 0 Å². The zero-order valence-electron chi connectivity index (χ0n) is 32.8. The first kappa shape index (κ1) is 34.1. The highest BCUT2D eigenvalue weighted by Crippen LogP contribution is 2.46. The molecule has 280 valence electrons. The summed E-state index contributed by atoms with van der Waals surface area (Å²) >= 11 is 0. The van der Waals surface area contributed by atoms with Gasteiger partial charge in [0, 0.05) is 33.2 Å². The molecule has 0 saturated carbocycles. The summed E-state index contributed by atoms with van der Waals surface area (Å²) in [4.78, 5) is 2.40. The zero-order chi connectivity index (χ0) is 39.6. The SMILES string of the molecule is c1ccc(-c2c3ccccc3c(-c3ccc4c(c3)c3ccccc3n4-c3ccc(N(c4ccccc4)c4cc5ccccc5c5ccccc45)cc3)c3ccccc23)cc1. The quantitative estimate of drug-likeness (QED) is 0.121. The molecule has 0 spiro atoms. The van der Waals surface area contributed by atoms with E-state index in [4.69, 9.17) is 0 Å². The van der Waals surface area contributed by atoms with Gasteiger partial charge in [0.15, 0.2) is 0 Å². The highest BCUT2D eigenvalue weighted by Gasteiger charge is 2.21.